The number of nitrogens with zero attached hydrogens (tertiary/aromatic N) is 8. The van der Waals surface area contributed by atoms with Gasteiger partial charge in [-0.15, -0.1) is 0 Å². The molecule has 3 atom stereocenters. The molecule has 4 aromatic rings. The van der Waals surface area contributed by atoms with E-state index in [1.54, 1.807) is 6.20 Å². The Labute approximate surface area is 261 Å². The molecule has 0 saturated carbocycles. The van der Waals surface area contributed by atoms with Gasteiger partial charge >= 0.3 is 0 Å². The minimum atomic E-state index is -0.518. The molecule has 8 bridgehead atoms. The lowest BCUT2D eigenvalue weighted by Gasteiger charge is -2.34. The summed E-state index contributed by atoms with van der Waals surface area (Å²) in [7, 11) is 0. The molecule has 9 rings (SSSR count). The summed E-state index contributed by atoms with van der Waals surface area (Å²) in [5.74, 6) is 1.77. The number of aromatic nitrogens is 6. The van der Waals surface area contributed by atoms with Crippen molar-refractivity contribution in [2.45, 2.75) is 89.9 Å². The maximum absolute atomic E-state index is 16.2. The molecule has 0 radical (unpaired) electrons. The van der Waals surface area contributed by atoms with Crippen LogP contribution in [0.25, 0.3) is 22.2 Å². The summed E-state index contributed by atoms with van der Waals surface area (Å²) in [5, 5.41) is 6.06. The van der Waals surface area contributed by atoms with Gasteiger partial charge in [0.05, 0.1) is 11.4 Å². The summed E-state index contributed by atoms with van der Waals surface area (Å²) in [5.41, 5.74) is 3.17. The summed E-state index contributed by atoms with van der Waals surface area (Å²) in [6.45, 7) is 7.39. The van der Waals surface area contributed by atoms with Crippen LogP contribution in [-0.4, -0.2) is 73.0 Å². The van der Waals surface area contributed by atoms with Crippen LogP contribution < -0.4 is 4.90 Å². The van der Waals surface area contributed by atoms with E-state index in [2.05, 4.69) is 24.8 Å². The Hall–Kier alpha value is -3.24. The first-order valence-electron chi connectivity index (χ1n) is 16.1. The molecule has 5 aliphatic rings. The molecule has 3 fully saturated rings. The third kappa shape index (κ3) is 5.67. The van der Waals surface area contributed by atoms with Gasteiger partial charge in [-0.25, -0.2) is 28.4 Å². The van der Waals surface area contributed by atoms with Gasteiger partial charge in [0.2, 0.25) is 0 Å². The van der Waals surface area contributed by atoms with Crippen molar-refractivity contribution >= 4 is 28.3 Å². The number of rotatable bonds is 1. The van der Waals surface area contributed by atoms with E-state index in [0.717, 1.165) is 80.1 Å². The molecule has 3 unspecified atom stereocenters. The maximum Gasteiger partial charge on any atom is 0.175 e. The number of halogens is 3. The van der Waals surface area contributed by atoms with Gasteiger partial charge in [-0.1, -0.05) is 18.5 Å². The number of hydrogen-bond acceptors (Lipinski definition) is 7. The number of alkyl halides is 1. The zero-order valence-electron chi connectivity index (χ0n) is 25.4. The smallest absolute Gasteiger partial charge is 0.175 e. The topological polar surface area (TPSA) is 75.9 Å². The fourth-order valence-electron chi connectivity index (χ4n) is 7.33. The summed E-state index contributed by atoms with van der Waals surface area (Å²) in [6, 6.07) is 4.68. The third-order valence-corrected chi connectivity index (χ3v) is 9.87. The van der Waals surface area contributed by atoms with Crippen LogP contribution in [0, 0.1) is 12.7 Å². The van der Waals surface area contributed by atoms with Crippen LogP contribution >= 0.6 is 11.6 Å². The Morgan fingerprint density at radius 3 is 2.68 bits per heavy atom. The molecule has 3 aromatic heterocycles. The summed E-state index contributed by atoms with van der Waals surface area (Å²) < 4.78 is 30.8. The van der Waals surface area contributed by atoms with Gasteiger partial charge < -0.3 is 4.90 Å². The maximum atomic E-state index is 16.2. The number of benzene rings is 1. The quantitative estimate of drug-likeness (QED) is 0.241. The second-order valence-corrected chi connectivity index (χ2v) is 13.0. The Bertz CT molecular complexity index is 1660. The molecule has 44 heavy (non-hydrogen) atoms. The minimum Gasteiger partial charge on any atom is -0.354 e. The SMILES string of the molecule is CCc1nc2c3cnc(c(F)c3n1)-c1cc(C)cc(Cl)c1CCCc1ncn(n1)C1CCCN2C1.FC1CC2CCCN2C1. The molecular formula is C33H39ClF2N8. The van der Waals surface area contributed by atoms with E-state index in [9.17, 15) is 4.39 Å². The van der Waals surface area contributed by atoms with E-state index < -0.39 is 12.0 Å². The summed E-state index contributed by atoms with van der Waals surface area (Å²) in [4.78, 5) is 23.2. The van der Waals surface area contributed by atoms with Crippen LogP contribution in [0.2, 0.25) is 5.02 Å². The van der Waals surface area contributed by atoms with E-state index in [0.29, 0.717) is 47.2 Å². The second kappa shape index (κ2) is 12.3. The largest absolute Gasteiger partial charge is 0.354 e. The zero-order valence-corrected chi connectivity index (χ0v) is 26.2. The number of aryl methyl sites for hydroxylation is 3. The van der Waals surface area contributed by atoms with Crippen molar-refractivity contribution in [2.24, 2.45) is 0 Å². The molecule has 232 valence electrons. The molecule has 0 spiro atoms. The van der Waals surface area contributed by atoms with Crippen molar-refractivity contribution in [3.63, 3.8) is 0 Å². The third-order valence-electron chi connectivity index (χ3n) is 9.53. The molecule has 5 aliphatic heterocycles. The van der Waals surface area contributed by atoms with Gasteiger partial charge in [0.15, 0.2) is 11.6 Å². The number of fused-ring (bicyclic) bond motifs is 4. The van der Waals surface area contributed by atoms with Crippen molar-refractivity contribution in [1.82, 2.24) is 34.6 Å². The fourth-order valence-corrected chi connectivity index (χ4v) is 7.69. The number of anilines is 1. The highest BCUT2D eigenvalue weighted by atomic mass is 35.5. The second-order valence-electron chi connectivity index (χ2n) is 12.6. The van der Waals surface area contributed by atoms with Crippen LogP contribution in [0.5, 0.6) is 0 Å². The van der Waals surface area contributed by atoms with Crippen LogP contribution in [-0.2, 0) is 19.3 Å². The average Bonchev–Trinajstić information content (AvgIpc) is 3.75. The van der Waals surface area contributed by atoms with Crippen LogP contribution in [0.15, 0.2) is 24.7 Å². The predicted molar refractivity (Wildman–Crippen MR) is 168 cm³/mol. The lowest BCUT2D eigenvalue weighted by Crippen LogP contribution is -2.37. The van der Waals surface area contributed by atoms with E-state index in [1.807, 2.05) is 37.0 Å². The summed E-state index contributed by atoms with van der Waals surface area (Å²) >= 11 is 6.69. The molecule has 0 amide bonds. The van der Waals surface area contributed by atoms with Crippen molar-refractivity contribution in [3.05, 3.63) is 58.3 Å². The van der Waals surface area contributed by atoms with Gasteiger partial charge in [0.25, 0.3) is 0 Å². The molecule has 11 heteroatoms. The first kappa shape index (κ1) is 29.5. The van der Waals surface area contributed by atoms with Crippen molar-refractivity contribution in [1.29, 1.82) is 0 Å². The van der Waals surface area contributed by atoms with E-state index in [1.165, 1.54) is 12.8 Å². The molecule has 0 aliphatic carbocycles. The fraction of sp³-hybridized carbons (Fsp3) is 0.545. The normalized spacial score (nSPS) is 23.1. The molecule has 3 saturated heterocycles. The Balaban J connectivity index is 0.000000296. The molecule has 1 aromatic carbocycles. The highest BCUT2D eigenvalue weighted by molar-refractivity contribution is 6.31. The first-order valence-corrected chi connectivity index (χ1v) is 16.4. The standard InChI is InChI=1S/C26H27ClFN7.C7H12FN/c1-3-21-31-25-19-12-29-24(23(25)28)18-10-15(2)11-20(27)17(18)7-4-8-22-30-14-35(33-22)16-6-5-9-34(13-16)26(19)32-21;8-6-4-7-2-1-3-9(7)5-6/h10-12,14,16H,3-9,13H2,1-2H3;6-7H,1-5H2. The highest BCUT2D eigenvalue weighted by Crippen LogP contribution is 2.37. The minimum absolute atomic E-state index is 0.184. The number of piperidine rings is 1. The molecular weight excluding hydrogens is 582 g/mol. The predicted octanol–water partition coefficient (Wildman–Crippen LogP) is 6.47. The van der Waals surface area contributed by atoms with Crippen LogP contribution in [0.3, 0.4) is 0 Å². The zero-order chi connectivity index (χ0) is 30.4. The van der Waals surface area contributed by atoms with Crippen molar-refractivity contribution < 1.29 is 8.78 Å². The lowest BCUT2D eigenvalue weighted by atomic mass is 9.96. The van der Waals surface area contributed by atoms with Crippen molar-refractivity contribution in [3.8, 4) is 11.3 Å². The van der Waals surface area contributed by atoms with Gasteiger partial charge in [0, 0.05) is 55.3 Å². The van der Waals surface area contributed by atoms with Gasteiger partial charge in [-0.2, -0.15) is 5.10 Å². The molecule has 8 nitrogen and oxygen atoms in total. The van der Waals surface area contributed by atoms with Crippen LogP contribution in [0.1, 0.15) is 74.3 Å². The van der Waals surface area contributed by atoms with E-state index >= 15 is 4.39 Å². The number of hydrogen-bond donors (Lipinski definition) is 0. The van der Waals surface area contributed by atoms with E-state index in [-0.39, 0.29) is 11.7 Å². The monoisotopic (exact) mass is 620 g/mol. The Morgan fingerprint density at radius 1 is 1.00 bits per heavy atom. The van der Waals surface area contributed by atoms with Crippen LogP contribution in [0.4, 0.5) is 14.6 Å². The van der Waals surface area contributed by atoms with Gasteiger partial charge in [-0.3, -0.25) is 9.88 Å². The molecule has 8 heterocycles. The Kier molecular flexibility index (Phi) is 8.22. The van der Waals surface area contributed by atoms with E-state index in [4.69, 9.17) is 21.7 Å². The average molecular weight is 621 g/mol. The molecule has 0 N–H and O–H groups in total. The van der Waals surface area contributed by atoms with Gasteiger partial charge in [0.1, 0.15) is 35.4 Å². The summed E-state index contributed by atoms with van der Waals surface area (Å²) in [6.07, 6.45) is 11.2. The highest BCUT2D eigenvalue weighted by Gasteiger charge is 2.34. The first-order chi connectivity index (χ1) is 21.4. The van der Waals surface area contributed by atoms with Crippen molar-refractivity contribution in [2.75, 3.05) is 31.1 Å². The van der Waals surface area contributed by atoms with Gasteiger partial charge in [-0.05, 0) is 81.7 Å². The number of pyridine rings is 1. The lowest BCUT2D eigenvalue weighted by molar-refractivity contribution is 0.292. The Morgan fingerprint density at radius 2 is 1.84 bits per heavy atom.